The molecule has 0 fully saturated rings. The highest BCUT2D eigenvalue weighted by Gasteiger charge is 2.07. The molecule has 102 valence electrons. The minimum Gasteiger partial charge on any atom is -0.363 e. The Morgan fingerprint density at radius 2 is 1.60 bits per heavy atom. The first-order valence-electron chi connectivity index (χ1n) is 6.45. The summed E-state index contributed by atoms with van der Waals surface area (Å²) >= 11 is 4.99. The maximum absolute atomic E-state index is 11.9. The van der Waals surface area contributed by atoms with E-state index in [9.17, 15) is 4.79 Å². The topological polar surface area (TPSA) is 41.1 Å². The summed E-state index contributed by atoms with van der Waals surface area (Å²) < 4.78 is 0. The summed E-state index contributed by atoms with van der Waals surface area (Å²) in [5.41, 5.74) is 2.80. The predicted octanol–water partition coefficient (Wildman–Crippen LogP) is 2.98. The monoisotopic (exact) mass is 284 g/mol. The van der Waals surface area contributed by atoms with Gasteiger partial charge in [0.15, 0.2) is 5.11 Å². The number of carbonyl (C=O) groups is 1. The summed E-state index contributed by atoms with van der Waals surface area (Å²) in [4.78, 5) is 11.9. The van der Waals surface area contributed by atoms with Crippen molar-refractivity contribution in [3.63, 3.8) is 0 Å². The van der Waals surface area contributed by atoms with Crippen LogP contribution < -0.4 is 10.6 Å². The largest absolute Gasteiger partial charge is 0.363 e. The lowest BCUT2D eigenvalue weighted by atomic mass is 10.0. The van der Waals surface area contributed by atoms with E-state index in [1.54, 1.807) is 12.1 Å². The van der Waals surface area contributed by atoms with Crippen molar-refractivity contribution in [2.75, 3.05) is 6.54 Å². The Morgan fingerprint density at radius 1 is 1.00 bits per heavy atom. The van der Waals surface area contributed by atoms with Crippen LogP contribution in [-0.4, -0.2) is 17.6 Å². The van der Waals surface area contributed by atoms with Crippen molar-refractivity contribution in [3.8, 4) is 11.1 Å². The van der Waals surface area contributed by atoms with Crippen LogP contribution in [-0.2, 0) is 0 Å². The van der Waals surface area contributed by atoms with E-state index in [2.05, 4.69) is 10.6 Å². The molecule has 0 aromatic heterocycles. The number of nitrogens with one attached hydrogen (secondary N) is 2. The molecule has 2 aromatic carbocycles. The normalized spacial score (nSPS) is 9.85. The SMILES string of the molecule is CCNC(=S)NC(=O)c1ccc(-c2ccccc2)cc1. The number of rotatable bonds is 3. The number of carbonyl (C=O) groups excluding carboxylic acids is 1. The Balaban J connectivity index is 2.08. The van der Waals surface area contributed by atoms with Crippen LogP contribution in [0, 0.1) is 0 Å². The van der Waals surface area contributed by atoms with Crippen molar-refractivity contribution in [1.82, 2.24) is 10.6 Å². The number of hydrogen-bond donors (Lipinski definition) is 2. The molecule has 0 radical (unpaired) electrons. The zero-order chi connectivity index (χ0) is 14.4. The highest BCUT2D eigenvalue weighted by molar-refractivity contribution is 7.80. The molecule has 20 heavy (non-hydrogen) atoms. The van der Waals surface area contributed by atoms with Crippen molar-refractivity contribution in [2.24, 2.45) is 0 Å². The molecule has 0 unspecified atom stereocenters. The van der Waals surface area contributed by atoms with Gasteiger partial charge in [0.2, 0.25) is 0 Å². The van der Waals surface area contributed by atoms with Crippen LogP contribution >= 0.6 is 12.2 Å². The first-order chi connectivity index (χ1) is 9.70. The molecule has 0 saturated heterocycles. The lowest BCUT2D eigenvalue weighted by Crippen LogP contribution is -2.38. The quantitative estimate of drug-likeness (QED) is 0.851. The van der Waals surface area contributed by atoms with E-state index < -0.39 is 0 Å². The number of thiocarbonyl (C=S) groups is 1. The second-order valence-corrected chi connectivity index (χ2v) is 4.67. The lowest BCUT2D eigenvalue weighted by molar-refractivity contribution is 0.0977. The lowest BCUT2D eigenvalue weighted by Gasteiger charge is -2.08. The molecule has 0 aliphatic heterocycles. The van der Waals surface area contributed by atoms with Gasteiger partial charge in [0.25, 0.3) is 5.91 Å². The molecular weight excluding hydrogens is 268 g/mol. The molecule has 0 heterocycles. The van der Waals surface area contributed by atoms with Gasteiger partial charge in [-0.1, -0.05) is 42.5 Å². The fourth-order valence-corrected chi connectivity index (χ4v) is 2.06. The van der Waals surface area contributed by atoms with Crippen molar-refractivity contribution in [1.29, 1.82) is 0 Å². The molecule has 2 rings (SSSR count). The third kappa shape index (κ3) is 3.65. The molecular formula is C16H16N2OS. The van der Waals surface area contributed by atoms with Crippen molar-refractivity contribution in [2.45, 2.75) is 6.92 Å². The molecule has 2 N–H and O–H groups in total. The average molecular weight is 284 g/mol. The van der Waals surface area contributed by atoms with Gasteiger partial charge in [-0.05, 0) is 42.4 Å². The average Bonchev–Trinajstić information content (AvgIpc) is 2.48. The predicted molar refractivity (Wildman–Crippen MR) is 85.6 cm³/mol. The molecule has 0 bridgehead atoms. The van der Waals surface area contributed by atoms with Gasteiger partial charge in [-0.2, -0.15) is 0 Å². The first-order valence-corrected chi connectivity index (χ1v) is 6.86. The summed E-state index contributed by atoms with van der Waals surface area (Å²) in [6.07, 6.45) is 0. The zero-order valence-electron chi connectivity index (χ0n) is 11.2. The van der Waals surface area contributed by atoms with E-state index >= 15 is 0 Å². The zero-order valence-corrected chi connectivity index (χ0v) is 12.0. The van der Waals surface area contributed by atoms with Crippen LogP contribution in [0.4, 0.5) is 0 Å². The van der Waals surface area contributed by atoms with E-state index in [0.717, 1.165) is 11.1 Å². The van der Waals surface area contributed by atoms with Crippen LogP contribution in [0.3, 0.4) is 0 Å². The van der Waals surface area contributed by atoms with E-state index in [1.807, 2.05) is 49.4 Å². The van der Waals surface area contributed by atoms with Crippen molar-refractivity contribution >= 4 is 23.2 Å². The maximum Gasteiger partial charge on any atom is 0.257 e. The molecule has 1 amide bonds. The van der Waals surface area contributed by atoms with E-state index in [0.29, 0.717) is 17.2 Å². The van der Waals surface area contributed by atoms with Crippen LogP contribution in [0.2, 0.25) is 0 Å². The number of hydrogen-bond acceptors (Lipinski definition) is 2. The van der Waals surface area contributed by atoms with Gasteiger partial charge >= 0.3 is 0 Å². The van der Waals surface area contributed by atoms with Gasteiger partial charge < -0.3 is 5.32 Å². The standard InChI is InChI=1S/C16H16N2OS/c1-2-17-16(20)18-15(19)14-10-8-13(9-11-14)12-6-4-3-5-7-12/h3-11H,2H2,1H3,(H2,17,18,19,20). The second kappa shape index (κ2) is 6.82. The third-order valence-corrected chi connectivity index (χ3v) is 3.07. The molecule has 4 heteroatoms. The van der Waals surface area contributed by atoms with Gasteiger partial charge in [0.1, 0.15) is 0 Å². The molecule has 3 nitrogen and oxygen atoms in total. The molecule has 2 aromatic rings. The minimum atomic E-state index is -0.199. The summed E-state index contributed by atoms with van der Waals surface area (Å²) in [6, 6.07) is 17.5. The summed E-state index contributed by atoms with van der Waals surface area (Å²) in [7, 11) is 0. The molecule has 0 aliphatic rings. The van der Waals surface area contributed by atoms with E-state index in [4.69, 9.17) is 12.2 Å². The summed E-state index contributed by atoms with van der Waals surface area (Å²) in [6.45, 7) is 2.61. The Hall–Kier alpha value is -2.20. The van der Waals surface area contributed by atoms with Crippen LogP contribution in [0.5, 0.6) is 0 Å². The fraction of sp³-hybridized carbons (Fsp3) is 0.125. The van der Waals surface area contributed by atoms with Crippen LogP contribution in [0.15, 0.2) is 54.6 Å². The van der Waals surface area contributed by atoms with Crippen LogP contribution in [0.1, 0.15) is 17.3 Å². The van der Waals surface area contributed by atoms with Gasteiger partial charge in [0, 0.05) is 12.1 Å². The first kappa shape index (κ1) is 14.2. The number of amides is 1. The molecule has 0 aliphatic carbocycles. The maximum atomic E-state index is 11.9. The van der Waals surface area contributed by atoms with E-state index in [1.165, 1.54) is 0 Å². The molecule has 0 spiro atoms. The highest BCUT2D eigenvalue weighted by atomic mass is 32.1. The second-order valence-electron chi connectivity index (χ2n) is 4.26. The van der Waals surface area contributed by atoms with Crippen molar-refractivity contribution < 1.29 is 4.79 Å². The minimum absolute atomic E-state index is 0.199. The third-order valence-electron chi connectivity index (χ3n) is 2.82. The van der Waals surface area contributed by atoms with Gasteiger partial charge in [0.05, 0.1) is 0 Å². The van der Waals surface area contributed by atoms with Crippen molar-refractivity contribution in [3.05, 3.63) is 60.2 Å². The number of benzene rings is 2. The molecule has 0 saturated carbocycles. The Morgan fingerprint density at radius 3 is 2.20 bits per heavy atom. The smallest absolute Gasteiger partial charge is 0.257 e. The summed E-state index contributed by atoms with van der Waals surface area (Å²) in [5.74, 6) is -0.199. The molecule has 0 atom stereocenters. The Bertz CT molecular complexity index is 594. The Kier molecular flexibility index (Phi) is 4.85. The van der Waals surface area contributed by atoms with Gasteiger partial charge in [-0.15, -0.1) is 0 Å². The van der Waals surface area contributed by atoms with Gasteiger partial charge in [-0.3, -0.25) is 10.1 Å². The summed E-state index contributed by atoms with van der Waals surface area (Å²) in [5, 5.41) is 5.87. The van der Waals surface area contributed by atoms with Crippen LogP contribution in [0.25, 0.3) is 11.1 Å². The highest BCUT2D eigenvalue weighted by Crippen LogP contribution is 2.19. The van der Waals surface area contributed by atoms with E-state index in [-0.39, 0.29) is 5.91 Å². The fourth-order valence-electron chi connectivity index (χ4n) is 1.82. The van der Waals surface area contributed by atoms with Gasteiger partial charge in [-0.25, -0.2) is 0 Å². The Labute approximate surface area is 124 Å².